The number of anilines is 1. The highest BCUT2D eigenvalue weighted by Gasteiger charge is 2.22. The van der Waals surface area contributed by atoms with Crippen LogP contribution in [0.15, 0.2) is 18.5 Å². The molecule has 2 aromatic heterocycles. The van der Waals surface area contributed by atoms with E-state index in [4.69, 9.17) is 5.73 Å². The lowest BCUT2D eigenvalue weighted by molar-refractivity contribution is 0.100. The topological polar surface area (TPSA) is 111 Å². The number of nitrogens with one attached hydrogen (secondary N) is 4. The van der Waals surface area contributed by atoms with Crippen LogP contribution in [-0.4, -0.2) is 72.1 Å². The van der Waals surface area contributed by atoms with Gasteiger partial charge in [-0.2, -0.15) is 0 Å². The molecule has 2 aliphatic rings. The van der Waals surface area contributed by atoms with Crippen molar-refractivity contribution in [2.75, 3.05) is 44.6 Å². The van der Waals surface area contributed by atoms with E-state index in [-0.39, 0.29) is 0 Å². The molecular weight excluding hydrogens is 354 g/mol. The second-order valence-electron chi connectivity index (χ2n) is 7.89. The molecule has 0 unspecified atom stereocenters. The number of aromatic amines is 1. The van der Waals surface area contributed by atoms with Crippen molar-refractivity contribution >= 4 is 22.6 Å². The van der Waals surface area contributed by atoms with Crippen molar-refractivity contribution in [3.05, 3.63) is 24.0 Å². The molecule has 1 amide bonds. The van der Waals surface area contributed by atoms with E-state index < -0.39 is 5.91 Å². The van der Waals surface area contributed by atoms with Crippen molar-refractivity contribution < 1.29 is 4.79 Å². The van der Waals surface area contributed by atoms with Gasteiger partial charge in [-0.15, -0.1) is 0 Å². The molecule has 0 radical (unpaired) electrons. The van der Waals surface area contributed by atoms with E-state index in [0.717, 1.165) is 68.8 Å². The molecule has 2 saturated heterocycles. The summed E-state index contributed by atoms with van der Waals surface area (Å²) in [5.74, 6) is -0.445. The van der Waals surface area contributed by atoms with Gasteiger partial charge in [-0.25, -0.2) is 4.98 Å². The van der Waals surface area contributed by atoms with E-state index in [1.54, 1.807) is 6.20 Å². The molecule has 8 nitrogen and oxygen atoms in total. The molecule has 4 rings (SSSR count). The monoisotopic (exact) mass is 385 g/mol. The number of piperidine rings is 2. The number of carbonyl (C=O) groups is 1. The Morgan fingerprint density at radius 3 is 2.75 bits per heavy atom. The van der Waals surface area contributed by atoms with Crippen molar-refractivity contribution in [1.82, 2.24) is 25.5 Å². The molecular formula is C20H31N7O. The Bertz CT molecular complexity index is 791. The second kappa shape index (κ2) is 8.89. The van der Waals surface area contributed by atoms with Crippen LogP contribution in [0.25, 0.3) is 11.0 Å². The van der Waals surface area contributed by atoms with Gasteiger partial charge in [0.15, 0.2) is 0 Å². The summed E-state index contributed by atoms with van der Waals surface area (Å²) in [6, 6.07) is 2.95. The highest BCUT2D eigenvalue weighted by molar-refractivity contribution is 6.05. The number of hydrogen-bond donors (Lipinski definition) is 5. The van der Waals surface area contributed by atoms with Gasteiger partial charge in [0, 0.05) is 56.0 Å². The predicted molar refractivity (Wildman–Crippen MR) is 112 cm³/mol. The lowest BCUT2D eigenvalue weighted by Crippen LogP contribution is -2.45. The summed E-state index contributed by atoms with van der Waals surface area (Å²) in [6.45, 7) is 6.55. The van der Waals surface area contributed by atoms with Gasteiger partial charge in [-0.3, -0.25) is 4.79 Å². The Morgan fingerprint density at radius 1 is 1.21 bits per heavy atom. The Hall–Kier alpha value is -2.16. The molecule has 0 atom stereocenters. The largest absolute Gasteiger partial charge is 0.381 e. The Labute approximate surface area is 165 Å². The van der Waals surface area contributed by atoms with Crippen molar-refractivity contribution in [3.63, 3.8) is 0 Å². The average molecular weight is 386 g/mol. The first kappa shape index (κ1) is 19.2. The minimum Gasteiger partial charge on any atom is -0.381 e. The van der Waals surface area contributed by atoms with Gasteiger partial charge < -0.3 is 31.6 Å². The Balaban J connectivity index is 1.29. The fraction of sp³-hybridized carbons (Fsp3) is 0.600. The van der Waals surface area contributed by atoms with Crippen LogP contribution in [0.4, 0.5) is 5.69 Å². The summed E-state index contributed by atoms with van der Waals surface area (Å²) in [4.78, 5) is 21.8. The number of primary amides is 1. The van der Waals surface area contributed by atoms with Gasteiger partial charge >= 0.3 is 0 Å². The van der Waals surface area contributed by atoms with Crippen molar-refractivity contribution in [1.29, 1.82) is 0 Å². The summed E-state index contributed by atoms with van der Waals surface area (Å²) >= 11 is 0. The zero-order valence-corrected chi connectivity index (χ0v) is 16.3. The molecule has 0 aliphatic carbocycles. The summed E-state index contributed by atoms with van der Waals surface area (Å²) in [5, 5.41) is 11.6. The minimum atomic E-state index is -0.445. The van der Waals surface area contributed by atoms with Gasteiger partial charge in [0.1, 0.15) is 5.65 Å². The number of carbonyl (C=O) groups excluding carboxylic acids is 1. The second-order valence-corrected chi connectivity index (χ2v) is 7.89. The number of pyridine rings is 1. The zero-order chi connectivity index (χ0) is 19.3. The van der Waals surface area contributed by atoms with E-state index in [1.807, 2.05) is 12.3 Å². The number of hydrogen-bond acceptors (Lipinski definition) is 6. The normalized spacial score (nSPS) is 19.9. The molecule has 2 fully saturated rings. The van der Waals surface area contributed by atoms with Crippen molar-refractivity contribution in [3.8, 4) is 0 Å². The highest BCUT2D eigenvalue weighted by atomic mass is 16.1. The van der Waals surface area contributed by atoms with Crippen LogP contribution in [0.2, 0.25) is 0 Å². The lowest BCUT2D eigenvalue weighted by Gasteiger charge is -2.34. The summed E-state index contributed by atoms with van der Waals surface area (Å²) in [6.07, 6.45) is 7.97. The van der Waals surface area contributed by atoms with Gasteiger partial charge in [0.2, 0.25) is 0 Å². The number of nitrogens with two attached hydrogens (primary N) is 1. The van der Waals surface area contributed by atoms with Crippen molar-refractivity contribution in [2.24, 2.45) is 5.73 Å². The third kappa shape index (κ3) is 4.45. The maximum atomic E-state index is 11.8. The third-order valence-electron chi connectivity index (χ3n) is 5.99. The SMILES string of the molecule is NC(=O)c1cnc2[nH]ccc2c1NC1CCN(CCNC2CCNCC2)CC1. The summed E-state index contributed by atoms with van der Waals surface area (Å²) in [5.41, 5.74) is 7.61. The smallest absolute Gasteiger partial charge is 0.252 e. The van der Waals surface area contributed by atoms with E-state index in [0.29, 0.717) is 17.6 Å². The molecule has 8 heteroatoms. The summed E-state index contributed by atoms with van der Waals surface area (Å²) < 4.78 is 0. The maximum Gasteiger partial charge on any atom is 0.252 e. The molecule has 0 aromatic carbocycles. The molecule has 0 saturated carbocycles. The van der Waals surface area contributed by atoms with Crippen LogP contribution in [0, 0.1) is 0 Å². The summed E-state index contributed by atoms with van der Waals surface area (Å²) in [7, 11) is 0. The van der Waals surface area contributed by atoms with E-state index in [1.165, 1.54) is 12.8 Å². The van der Waals surface area contributed by atoms with E-state index in [2.05, 4.69) is 30.8 Å². The van der Waals surface area contributed by atoms with Gasteiger partial charge in [-0.1, -0.05) is 0 Å². The van der Waals surface area contributed by atoms with Gasteiger partial charge in [0.25, 0.3) is 5.91 Å². The van der Waals surface area contributed by atoms with Crippen LogP contribution in [0.5, 0.6) is 0 Å². The molecule has 152 valence electrons. The Morgan fingerprint density at radius 2 is 2.00 bits per heavy atom. The third-order valence-corrected chi connectivity index (χ3v) is 5.99. The van der Waals surface area contributed by atoms with E-state index in [9.17, 15) is 4.79 Å². The molecule has 2 aromatic rings. The van der Waals surface area contributed by atoms with Crippen LogP contribution < -0.4 is 21.7 Å². The highest BCUT2D eigenvalue weighted by Crippen LogP contribution is 2.27. The first-order chi connectivity index (χ1) is 13.7. The number of likely N-dealkylation sites (tertiary alicyclic amines) is 1. The molecule has 6 N–H and O–H groups in total. The molecule has 28 heavy (non-hydrogen) atoms. The molecule has 4 heterocycles. The van der Waals surface area contributed by atoms with Gasteiger partial charge in [0.05, 0.1) is 11.3 Å². The first-order valence-electron chi connectivity index (χ1n) is 10.4. The number of fused-ring (bicyclic) bond motifs is 1. The predicted octanol–water partition coefficient (Wildman–Crippen LogP) is 0.880. The molecule has 0 spiro atoms. The minimum absolute atomic E-state index is 0.340. The fourth-order valence-corrected chi connectivity index (χ4v) is 4.31. The number of rotatable bonds is 7. The number of H-pyrrole nitrogens is 1. The first-order valence-corrected chi connectivity index (χ1v) is 10.4. The standard InChI is InChI=1S/C20H31N7O/c21-19(28)17-13-25-20-16(3-8-24-20)18(17)26-15-4-10-27(11-5-15)12-9-23-14-1-6-22-7-2-14/h3,8,13-15,22-23H,1-2,4-7,9-12H2,(H2,21,28)(H2,24,25,26). The maximum absolute atomic E-state index is 11.8. The van der Waals surface area contributed by atoms with Gasteiger partial charge in [-0.05, 0) is 44.8 Å². The number of aromatic nitrogens is 2. The van der Waals surface area contributed by atoms with Crippen LogP contribution in [-0.2, 0) is 0 Å². The number of nitrogens with zero attached hydrogens (tertiary/aromatic N) is 2. The molecule has 0 bridgehead atoms. The van der Waals surface area contributed by atoms with Crippen LogP contribution in [0.1, 0.15) is 36.0 Å². The Kier molecular flexibility index (Phi) is 6.09. The van der Waals surface area contributed by atoms with Crippen LogP contribution in [0.3, 0.4) is 0 Å². The fourth-order valence-electron chi connectivity index (χ4n) is 4.31. The molecule has 2 aliphatic heterocycles. The average Bonchev–Trinajstić information content (AvgIpc) is 3.19. The number of amides is 1. The quantitative estimate of drug-likeness (QED) is 0.484. The van der Waals surface area contributed by atoms with Crippen LogP contribution >= 0.6 is 0 Å². The van der Waals surface area contributed by atoms with Crippen molar-refractivity contribution in [2.45, 2.75) is 37.8 Å². The van der Waals surface area contributed by atoms with E-state index >= 15 is 0 Å². The zero-order valence-electron chi connectivity index (χ0n) is 16.3. The lowest BCUT2D eigenvalue weighted by atomic mass is 10.0.